The van der Waals surface area contributed by atoms with Crippen LogP contribution in [0.15, 0.2) is 43.1 Å². The molecule has 0 atom stereocenters. The van der Waals surface area contributed by atoms with Gasteiger partial charge in [0.2, 0.25) is 0 Å². The zero-order valence-corrected chi connectivity index (χ0v) is 8.17. The first-order valence-electron chi connectivity index (χ1n) is 4.39. The summed E-state index contributed by atoms with van der Waals surface area (Å²) in [7, 11) is 0. The zero-order chi connectivity index (χ0) is 9.68. The van der Waals surface area contributed by atoms with Gasteiger partial charge in [0, 0.05) is 17.1 Å². The van der Waals surface area contributed by atoms with E-state index in [9.17, 15) is 0 Å². The Morgan fingerprint density at radius 1 is 1.31 bits per heavy atom. The maximum absolute atomic E-state index is 3.36. The number of para-hydroxylation sites is 1. The Morgan fingerprint density at radius 2 is 1.92 bits per heavy atom. The zero-order valence-electron chi connectivity index (χ0n) is 8.17. The first kappa shape index (κ1) is 9.59. The second kappa shape index (κ2) is 4.51. The van der Waals surface area contributed by atoms with Gasteiger partial charge in [0.1, 0.15) is 0 Å². The van der Waals surface area contributed by atoms with Gasteiger partial charge in [0.15, 0.2) is 0 Å². The molecule has 0 amide bonds. The summed E-state index contributed by atoms with van der Waals surface area (Å²) in [6.45, 7) is 7.36. The number of aryl methyl sites for hydroxylation is 1. The van der Waals surface area contributed by atoms with Crippen molar-refractivity contribution < 1.29 is 0 Å². The minimum atomic E-state index is 1.22. The normalized spacial score (nSPS) is 9.08. The molecule has 0 saturated heterocycles. The van der Waals surface area contributed by atoms with Crippen molar-refractivity contribution in [1.82, 2.24) is 4.98 Å². The van der Waals surface area contributed by atoms with E-state index in [1.54, 1.807) is 6.08 Å². The van der Waals surface area contributed by atoms with Gasteiger partial charge in [-0.05, 0) is 25.5 Å². The van der Waals surface area contributed by atoms with Crippen LogP contribution in [0.4, 0.5) is 0 Å². The second-order valence-electron chi connectivity index (χ2n) is 2.93. The number of aromatic nitrogens is 1. The Kier molecular flexibility index (Phi) is 3.32. The summed E-state index contributed by atoms with van der Waals surface area (Å²) in [6, 6.07) is 8.31. The van der Waals surface area contributed by atoms with Crippen molar-refractivity contribution in [3.63, 3.8) is 0 Å². The van der Waals surface area contributed by atoms with Crippen molar-refractivity contribution in [3.8, 4) is 0 Å². The Labute approximate surface area is 79.1 Å². The van der Waals surface area contributed by atoms with Crippen LogP contribution in [0.3, 0.4) is 0 Å². The van der Waals surface area contributed by atoms with Crippen LogP contribution in [-0.2, 0) is 0 Å². The summed E-state index contributed by atoms with van der Waals surface area (Å²) in [5.41, 5.74) is 2.54. The topological polar surface area (TPSA) is 15.8 Å². The summed E-state index contributed by atoms with van der Waals surface area (Å²) < 4.78 is 0. The minimum Gasteiger partial charge on any atom is -0.361 e. The highest BCUT2D eigenvalue weighted by Gasteiger charge is 1.94. The highest BCUT2D eigenvalue weighted by molar-refractivity contribution is 5.82. The fourth-order valence-corrected chi connectivity index (χ4v) is 1.22. The van der Waals surface area contributed by atoms with Crippen molar-refractivity contribution in [2.75, 3.05) is 0 Å². The lowest BCUT2D eigenvalue weighted by Crippen LogP contribution is -1.64. The van der Waals surface area contributed by atoms with Crippen LogP contribution in [0.1, 0.15) is 12.5 Å². The van der Waals surface area contributed by atoms with E-state index in [1.165, 1.54) is 16.5 Å². The number of H-pyrrole nitrogens is 1. The quantitative estimate of drug-likeness (QED) is 0.585. The molecule has 2 rings (SSSR count). The molecule has 68 valence electrons. The van der Waals surface area contributed by atoms with Gasteiger partial charge in [-0.25, -0.2) is 0 Å². The molecular weight excluding hydrogens is 158 g/mol. The van der Waals surface area contributed by atoms with E-state index in [0.29, 0.717) is 0 Å². The largest absolute Gasteiger partial charge is 0.361 e. The summed E-state index contributed by atoms with van der Waals surface area (Å²) in [4.78, 5) is 3.19. The van der Waals surface area contributed by atoms with Crippen LogP contribution in [0, 0.1) is 6.92 Å². The summed E-state index contributed by atoms with van der Waals surface area (Å²) in [6.07, 6.45) is 3.78. The maximum atomic E-state index is 3.36. The number of hydrogen-bond donors (Lipinski definition) is 1. The average Bonchev–Trinajstić information content (AvgIpc) is 2.50. The van der Waals surface area contributed by atoms with Gasteiger partial charge >= 0.3 is 0 Å². The van der Waals surface area contributed by atoms with Gasteiger partial charge in [-0.2, -0.15) is 0 Å². The number of benzene rings is 1. The van der Waals surface area contributed by atoms with Crippen molar-refractivity contribution >= 4 is 10.9 Å². The van der Waals surface area contributed by atoms with Crippen molar-refractivity contribution in [2.24, 2.45) is 0 Å². The van der Waals surface area contributed by atoms with E-state index in [2.05, 4.69) is 36.7 Å². The number of hydrogen-bond acceptors (Lipinski definition) is 0. The van der Waals surface area contributed by atoms with E-state index < -0.39 is 0 Å². The third-order valence-electron chi connectivity index (χ3n) is 1.80. The predicted octanol–water partition coefficient (Wildman–Crippen LogP) is 3.67. The monoisotopic (exact) mass is 173 g/mol. The first-order chi connectivity index (χ1) is 6.29. The minimum absolute atomic E-state index is 1.22. The molecule has 0 aliphatic carbocycles. The van der Waals surface area contributed by atoms with E-state index in [4.69, 9.17) is 0 Å². The third-order valence-corrected chi connectivity index (χ3v) is 1.80. The molecule has 1 aromatic carbocycles. The maximum Gasteiger partial charge on any atom is 0.0456 e. The van der Waals surface area contributed by atoms with Crippen LogP contribution >= 0.6 is 0 Å². The van der Waals surface area contributed by atoms with Crippen LogP contribution in [0.5, 0.6) is 0 Å². The lowest BCUT2D eigenvalue weighted by Gasteiger charge is -1.86. The van der Waals surface area contributed by atoms with Crippen LogP contribution < -0.4 is 0 Å². The second-order valence-corrected chi connectivity index (χ2v) is 2.93. The number of rotatable bonds is 0. The van der Waals surface area contributed by atoms with Crippen LogP contribution in [0.25, 0.3) is 10.9 Å². The standard InChI is InChI=1S/C9H9N.C3H6/c1-7-6-10-9-5-3-2-4-8(7)9;1-3-2/h2-6,10H,1H3;3H,1H2,2H3. The number of allylic oxidation sites excluding steroid dienone is 1. The molecule has 0 unspecified atom stereocenters. The van der Waals surface area contributed by atoms with Gasteiger partial charge in [-0.1, -0.05) is 24.3 Å². The first-order valence-corrected chi connectivity index (χ1v) is 4.39. The molecule has 13 heavy (non-hydrogen) atoms. The van der Waals surface area contributed by atoms with Crippen molar-refractivity contribution in [2.45, 2.75) is 13.8 Å². The Hall–Kier alpha value is -1.50. The Morgan fingerprint density at radius 3 is 2.54 bits per heavy atom. The molecule has 0 spiro atoms. The average molecular weight is 173 g/mol. The fourth-order valence-electron chi connectivity index (χ4n) is 1.22. The molecule has 1 N–H and O–H groups in total. The smallest absolute Gasteiger partial charge is 0.0456 e. The van der Waals surface area contributed by atoms with Gasteiger partial charge < -0.3 is 4.98 Å². The highest BCUT2D eigenvalue weighted by Crippen LogP contribution is 2.15. The van der Waals surface area contributed by atoms with E-state index in [0.717, 1.165) is 0 Å². The molecule has 0 bridgehead atoms. The molecule has 1 nitrogen and oxygen atoms in total. The molecule has 2 aromatic rings. The molecule has 1 heteroatoms. The van der Waals surface area contributed by atoms with Crippen molar-refractivity contribution in [3.05, 3.63) is 48.7 Å². The molecule has 1 aromatic heterocycles. The Balaban J connectivity index is 0.000000251. The lowest BCUT2D eigenvalue weighted by atomic mass is 10.2. The number of nitrogens with one attached hydrogen (secondary N) is 1. The van der Waals surface area contributed by atoms with E-state index >= 15 is 0 Å². The van der Waals surface area contributed by atoms with E-state index in [1.807, 2.05) is 19.2 Å². The Bertz CT molecular complexity index is 385. The third kappa shape index (κ3) is 2.22. The fraction of sp³-hybridized carbons (Fsp3) is 0.167. The number of fused-ring (bicyclic) bond motifs is 1. The van der Waals surface area contributed by atoms with Crippen molar-refractivity contribution in [1.29, 1.82) is 0 Å². The van der Waals surface area contributed by atoms with Gasteiger partial charge in [-0.3, -0.25) is 0 Å². The molecule has 0 fully saturated rings. The summed E-state index contributed by atoms with van der Waals surface area (Å²) in [5, 5.41) is 1.32. The summed E-state index contributed by atoms with van der Waals surface area (Å²) >= 11 is 0. The van der Waals surface area contributed by atoms with E-state index in [-0.39, 0.29) is 0 Å². The molecule has 0 aliphatic heterocycles. The molecule has 1 heterocycles. The SMILES string of the molecule is C=CC.Cc1c[nH]c2ccccc12. The lowest BCUT2D eigenvalue weighted by molar-refractivity contribution is 1.43. The van der Waals surface area contributed by atoms with Crippen LogP contribution in [-0.4, -0.2) is 4.98 Å². The molecule has 0 saturated carbocycles. The summed E-state index contributed by atoms with van der Waals surface area (Å²) in [5.74, 6) is 0. The van der Waals surface area contributed by atoms with Gasteiger partial charge in [0.05, 0.1) is 0 Å². The molecular formula is C12H15N. The molecule has 0 radical (unpaired) electrons. The van der Waals surface area contributed by atoms with Crippen LogP contribution in [0.2, 0.25) is 0 Å². The molecule has 0 aliphatic rings. The highest BCUT2D eigenvalue weighted by atomic mass is 14.7. The van der Waals surface area contributed by atoms with Gasteiger partial charge in [0.25, 0.3) is 0 Å². The van der Waals surface area contributed by atoms with Gasteiger partial charge in [-0.15, -0.1) is 6.58 Å². The number of aromatic amines is 1. The predicted molar refractivity (Wildman–Crippen MR) is 58.9 cm³/mol.